The van der Waals surface area contributed by atoms with Crippen LogP contribution in [0.1, 0.15) is 31.4 Å². The second-order valence-corrected chi connectivity index (χ2v) is 9.84. The molecule has 0 aliphatic carbocycles. The van der Waals surface area contributed by atoms with Crippen molar-refractivity contribution >= 4 is 33.9 Å². The van der Waals surface area contributed by atoms with E-state index in [0.717, 1.165) is 16.6 Å². The summed E-state index contributed by atoms with van der Waals surface area (Å²) in [6.07, 6.45) is 2.75. The van der Waals surface area contributed by atoms with Crippen molar-refractivity contribution in [2.24, 2.45) is 14.1 Å². The first kappa shape index (κ1) is 23.9. The van der Waals surface area contributed by atoms with Crippen LogP contribution in [0.25, 0.3) is 22.2 Å². The fourth-order valence-corrected chi connectivity index (χ4v) is 5.22. The van der Waals surface area contributed by atoms with E-state index in [1.807, 2.05) is 18.2 Å². The third-order valence-electron chi connectivity index (χ3n) is 7.23. The Hall–Kier alpha value is -3.77. The predicted octanol–water partition coefficient (Wildman–Crippen LogP) is 0.117. The minimum atomic E-state index is -1.33. The molecule has 0 saturated carbocycles. The molecule has 1 aliphatic heterocycles. The van der Waals surface area contributed by atoms with Crippen molar-refractivity contribution in [1.29, 1.82) is 0 Å². The van der Waals surface area contributed by atoms with Gasteiger partial charge < -0.3 is 25.4 Å². The summed E-state index contributed by atoms with van der Waals surface area (Å²) in [6.45, 7) is 1.93. The van der Waals surface area contributed by atoms with Gasteiger partial charge >= 0.3 is 5.69 Å². The molecule has 12 heteroatoms. The van der Waals surface area contributed by atoms with E-state index in [0.29, 0.717) is 17.6 Å². The van der Waals surface area contributed by atoms with Crippen LogP contribution in [0.5, 0.6) is 0 Å². The molecule has 1 amide bonds. The molecule has 190 valence electrons. The zero-order chi connectivity index (χ0) is 25.8. The molecule has 12 nitrogen and oxygen atoms in total. The lowest BCUT2D eigenvalue weighted by Crippen LogP contribution is -2.42. The molecule has 4 aromatic rings. The Morgan fingerprint density at radius 3 is 2.69 bits per heavy atom. The molecule has 0 bridgehead atoms. The number of amides is 1. The van der Waals surface area contributed by atoms with Crippen LogP contribution in [0, 0.1) is 0 Å². The highest BCUT2D eigenvalue weighted by Gasteiger charge is 2.42. The number of benzene rings is 1. The average Bonchev–Trinajstić information content (AvgIpc) is 3.31. The highest BCUT2D eigenvalue weighted by molar-refractivity contribution is 5.81. The van der Waals surface area contributed by atoms with Gasteiger partial charge in [0.25, 0.3) is 0 Å². The van der Waals surface area contributed by atoms with Gasteiger partial charge in [-0.05, 0) is 31.0 Å². The second-order valence-electron chi connectivity index (χ2n) is 9.84. The van der Waals surface area contributed by atoms with Crippen LogP contribution >= 0.6 is 0 Å². The van der Waals surface area contributed by atoms with Crippen molar-refractivity contribution in [3.8, 4) is 0 Å². The van der Waals surface area contributed by atoms with E-state index in [4.69, 9.17) is 5.73 Å². The van der Waals surface area contributed by atoms with Gasteiger partial charge in [0.1, 0.15) is 11.8 Å². The molecule has 1 fully saturated rings. The molecule has 5 rings (SSSR count). The Bertz CT molecular complexity index is 1520. The fraction of sp³-hybridized carbons (Fsp3) is 0.458. The quantitative estimate of drug-likeness (QED) is 0.361. The number of nitrogens with two attached hydrogens (primary N) is 1. The van der Waals surface area contributed by atoms with Crippen molar-refractivity contribution in [2.75, 3.05) is 18.8 Å². The number of aryl methyl sites for hydroxylation is 3. The van der Waals surface area contributed by atoms with Crippen LogP contribution in [0.4, 0.5) is 5.82 Å². The molecule has 36 heavy (non-hydrogen) atoms. The van der Waals surface area contributed by atoms with Gasteiger partial charge in [0.15, 0.2) is 11.5 Å². The van der Waals surface area contributed by atoms with Crippen LogP contribution in [0.2, 0.25) is 0 Å². The van der Waals surface area contributed by atoms with E-state index in [9.17, 15) is 19.8 Å². The Balaban J connectivity index is 1.39. The predicted molar refractivity (Wildman–Crippen MR) is 133 cm³/mol. The number of anilines is 1. The second kappa shape index (κ2) is 8.71. The lowest BCUT2D eigenvalue weighted by molar-refractivity contribution is -0.132. The number of aliphatic hydroxyl groups excluding tert-OH is 1. The molecule has 4 heterocycles. The lowest BCUT2D eigenvalue weighted by Gasteiger charge is -2.34. The number of imidazole rings is 2. The smallest absolute Gasteiger partial charge is 0.328 e. The van der Waals surface area contributed by atoms with Crippen LogP contribution < -0.4 is 11.4 Å². The summed E-state index contributed by atoms with van der Waals surface area (Å²) in [6, 6.07) is 5.13. The van der Waals surface area contributed by atoms with Crippen molar-refractivity contribution < 1.29 is 15.0 Å². The summed E-state index contributed by atoms with van der Waals surface area (Å²) in [4.78, 5) is 39.7. The molecule has 1 saturated heterocycles. The minimum absolute atomic E-state index is 0.0837. The van der Waals surface area contributed by atoms with E-state index >= 15 is 0 Å². The third-order valence-corrected chi connectivity index (χ3v) is 7.23. The Kier molecular flexibility index (Phi) is 5.80. The zero-order valence-corrected chi connectivity index (χ0v) is 20.5. The largest absolute Gasteiger partial charge is 0.391 e. The van der Waals surface area contributed by atoms with E-state index in [-0.39, 0.29) is 43.3 Å². The van der Waals surface area contributed by atoms with Crippen molar-refractivity contribution in [3.05, 3.63) is 46.9 Å². The van der Waals surface area contributed by atoms with Gasteiger partial charge in [-0.3, -0.25) is 13.9 Å². The molecule has 3 atom stereocenters. The fourth-order valence-electron chi connectivity index (χ4n) is 5.22. The van der Waals surface area contributed by atoms with Crippen molar-refractivity contribution in [3.63, 3.8) is 0 Å². The number of nitrogen functional groups attached to an aromatic ring is 1. The lowest BCUT2D eigenvalue weighted by atomic mass is 9.91. The maximum Gasteiger partial charge on any atom is 0.328 e. The molecule has 1 aromatic carbocycles. The summed E-state index contributed by atoms with van der Waals surface area (Å²) < 4.78 is 4.88. The van der Waals surface area contributed by atoms with Crippen molar-refractivity contribution in [2.45, 2.75) is 43.9 Å². The molecule has 3 aromatic heterocycles. The monoisotopic (exact) mass is 494 g/mol. The van der Waals surface area contributed by atoms with E-state index < -0.39 is 17.7 Å². The normalized spacial score (nSPS) is 22.9. The number of fused-ring (bicyclic) bond motifs is 2. The molecule has 4 N–H and O–H groups in total. The number of hydrogen-bond donors (Lipinski definition) is 3. The first-order chi connectivity index (χ1) is 17.1. The molecular formula is C24H30N8O4. The number of carbonyl (C=O) groups excluding carboxylic acids is 1. The number of carbonyl (C=O) groups is 1. The van der Waals surface area contributed by atoms with E-state index in [1.54, 1.807) is 39.6 Å². The van der Waals surface area contributed by atoms with E-state index in [1.165, 1.54) is 12.7 Å². The number of likely N-dealkylation sites (tertiary alicyclic amines) is 1. The highest BCUT2D eigenvalue weighted by atomic mass is 16.3. The number of nitrogens with zero attached hydrogens (tertiary/aromatic N) is 7. The van der Waals surface area contributed by atoms with Crippen LogP contribution in [-0.4, -0.2) is 74.5 Å². The summed E-state index contributed by atoms with van der Waals surface area (Å²) >= 11 is 0. The SMILES string of the molecule is Cn1c(=O)n(C)c2cc(CCC(=O)N3C[C@@H](O)C[C@@](C)(O)[C@H](n4cnc5c(N)ncnc54)C3)ccc21. The Morgan fingerprint density at radius 1 is 1.17 bits per heavy atom. The number of rotatable bonds is 4. The van der Waals surface area contributed by atoms with Gasteiger partial charge in [0.2, 0.25) is 5.91 Å². The van der Waals surface area contributed by atoms with Gasteiger partial charge in [-0.1, -0.05) is 6.07 Å². The van der Waals surface area contributed by atoms with Crippen LogP contribution in [0.3, 0.4) is 0 Å². The summed E-state index contributed by atoms with van der Waals surface area (Å²) in [5.74, 6) is 0.0882. The Labute approximate surface area is 206 Å². The molecule has 0 spiro atoms. The van der Waals surface area contributed by atoms with Gasteiger partial charge in [-0.25, -0.2) is 19.7 Å². The third kappa shape index (κ3) is 4.01. The highest BCUT2D eigenvalue weighted by Crippen LogP contribution is 2.34. The van der Waals surface area contributed by atoms with Gasteiger partial charge in [0.05, 0.1) is 35.1 Å². The van der Waals surface area contributed by atoms with Crippen LogP contribution in [0.15, 0.2) is 35.6 Å². The first-order valence-electron chi connectivity index (χ1n) is 11.8. The maximum atomic E-state index is 13.3. The molecule has 1 aliphatic rings. The number of aromatic nitrogens is 6. The molecule has 0 radical (unpaired) electrons. The number of aliphatic hydroxyl groups is 2. The standard InChI is InChI=1S/C24H30N8O4/c1-24(36)9-15(33)10-31(11-18(24)32-13-28-20-21(25)26-12-27-22(20)32)19(34)7-5-14-4-6-16-17(8-14)30(3)23(35)29(16)2/h4,6,8,12-13,15,18,33,36H,5,7,9-11H2,1-3H3,(H2,25,26,27)/t15-,18+,24+/m0/s1. The first-order valence-corrected chi connectivity index (χ1v) is 11.8. The van der Waals surface area contributed by atoms with Gasteiger partial charge in [-0.2, -0.15) is 0 Å². The minimum Gasteiger partial charge on any atom is -0.391 e. The van der Waals surface area contributed by atoms with E-state index in [2.05, 4.69) is 15.0 Å². The van der Waals surface area contributed by atoms with Crippen LogP contribution in [-0.2, 0) is 25.3 Å². The molecular weight excluding hydrogens is 464 g/mol. The topological polar surface area (TPSA) is 157 Å². The van der Waals surface area contributed by atoms with Gasteiger partial charge in [-0.15, -0.1) is 0 Å². The maximum absolute atomic E-state index is 13.3. The number of hydrogen-bond acceptors (Lipinski definition) is 8. The number of β-amino-alcohol motifs (C(OH)–C–C–N with tert-alkyl or cyclic N) is 1. The molecule has 0 unspecified atom stereocenters. The Morgan fingerprint density at radius 2 is 1.92 bits per heavy atom. The average molecular weight is 495 g/mol. The van der Waals surface area contributed by atoms with Crippen molar-refractivity contribution in [1.82, 2.24) is 33.6 Å². The van der Waals surface area contributed by atoms with Gasteiger partial charge in [0, 0.05) is 40.0 Å². The summed E-state index contributed by atoms with van der Waals surface area (Å²) in [7, 11) is 3.45. The summed E-state index contributed by atoms with van der Waals surface area (Å²) in [5, 5.41) is 21.9. The summed E-state index contributed by atoms with van der Waals surface area (Å²) in [5.41, 5.74) is 7.94. The zero-order valence-electron chi connectivity index (χ0n) is 20.5.